The van der Waals surface area contributed by atoms with E-state index in [2.05, 4.69) is 4.98 Å². The Bertz CT molecular complexity index is 1260. The summed E-state index contributed by atoms with van der Waals surface area (Å²) in [5.74, 6) is -1.44. The van der Waals surface area contributed by atoms with Crippen LogP contribution in [0.5, 0.6) is 5.75 Å². The van der Waals surface area contributed by atoms with Crippen molar-refractivity contribution in [1.29, 1.82) is 0 Å². The minimum atomic E-state index is -1.02. The van der Waals surface area contributed by atoms with E-state index in [9.17, 15) is 19.4 Å². The van der Waals surface area contributed by atoms with Gasteiger partial charge in [0.25, 0.3) is 0 Å². The number of carbonyl (C=O) groups is 1. The largest absolute Gasteiger partial charge is 0.506 e. The van der Waals surface area contributed by atoms with Gasteiger partial charge in [-0.05, 0) is 47.9 Å². The molecule has 0 spiro atoms. The highest BCUT2D eigenvalue weighted by molar-refractivity contribution is 6.35. The van der Waals surface area contributed by atoms with Gasteiger partial charge in [0.1, 0.15) is 11.6 Å². The van der Waals surface area contributed by atoms with Crippen LogP contribution < -0.4 is 0 Å². The zero-order chi connectivity index (χ0) is 21.6. The lowest BCUT2D eigenvalue weighted by atomic mass is 9.96. The number of benzene rings is 2. The first kappa shape index (κ1) is 19.9. The molecule has 0 aliphatic rings. The van der Waals surface area contributed by atoms with E-state index in [0.29, 0.717) is 16.6 Å². The third-order valence-corrected chi connectivity index (χ3v) is 5.29. The van der Waals surface area contributed by atoms with Crippen LogP contribution in [-0.4, -0.2) is 25.7 Å². The highest BCUT2D eigenvalue weighted by Gasteiger charge is 2.26. The monoisotopic (exact) mass is 424 g/mol. The van der Waals surface area contributed by atoms with Gasteiger partial charge in [0.2, 0.25) is 0 Å². The second-order valence-corrected chi connectivity index (χ2v) is 7.63. The SMILES string of the molecule is CC(C)c1c(-c2ccc(C(=O)O)cc2)c2c(O)cnc(Cl)c2n1-c1ccc(F)cc1. The summed E-state index contributed by atoms with van der Waals surface area (Å²) in [6, 6.07) is 12.4. The first-order valence-electron chi connectivity index (χ1n) is 9.31. The van der Waals surface area contributed by atoms with Gasteiger partial charge in [0.15, 0.2) is 5.15 Å². The van der Waals surface area contributed by atoms with E-state index in [4.69, 9.17) is 11.6 Å². The molecule has 0 saturated carbocycles. The summed E-state index contributed by atoms with van der Waals surface area (Å²) in [5.41, 5.74) is 3.63. The number of rotatable bonds is 4. The van der Waals surface area contributed by atoms with Crippen LogP contribution in [0.3, 0.4) is 0 Å². The minimum absolute atomic E-state index is 0.00734. The fourth-order valence-electron chi connectivity index (χ4n) is 3.76. The van der Waals surface area contributed by atoms with E-state index in [1.165, 1.54) is 30.5 Å². The Morgan fingerprint density at radius 3 is 2.30 bits per heavy atom. The number of pyridine rings is 1. The summed E-state index contributed by atoms with van der Waals surface area (Å²) in [7, 11) is 0. The molecule has 2 heterocycles. The van der Waals surface area contributed by atoms with Crippen LogP contribution in [0.2, 0.25) is 5.15 Å². The number of aromatic nitrogens is 2. The highest BCUT2D eigenvalue weighted by atomic mass is 35.5. The second-order valence-electron chi connectivity index (χ2n) is 7.27. The van der Waals surface area contributed by atoms with E-state index in [1.54, 1.807) is 24.3 Å². The number of nitrogens with zero attached hydrogens (tertiary/aromatic N) is 2. The molecular formula is C23H18ClFN2O3. The van der Waals surface area contributed by atoms with E-state index in [-0.39, 0.29) is 28.2 Å². The summed E-state index contributed by atoms with van der Waals surface area (Å²) >= 11 is 6.46. The molecule has 2 aromatic carbocycles. The quantitative estimate of drug-likeness (QED) is 0.393. The number of aromatic hydroxyl groups is 1. The van der Waals surface area contributed by atoms with Gasteiger partial charge in [0.05, 0.1) is 22.7 Å². The summed E-state index contributed by atoms with van der Waals surface area (Å²) in [4.78, 5) is 15.3. The van der Waals surface area contributed by atoms with Crippen molar-refractivity contribution in [3.63, 3.8) is 0 Å². The number of hydrogen-bond acceptors (Lipinski definition) is 3. The molecule has 0 aliphatic heterocycles. The molecule has 0 aliphatic carbocycles. The van der Waals surface area contributed by atoms with Crippen molar-refractivity contribution in [3.05, 3.63) is 77.0 Å². The van der Waals surface area contributed by atoms with Gasteiger partial charge in [-0.3, -0.25) is 0 Å². The van der Waals surface area contributed by atoms with Gasteiger partial charge in [-0.2, -0.15) is 0 Å². The van der Waals surface area contributed by atoms with Crippen LogP contribution in [0.4, 0.5) is 4.39 Å². The van der Waals surface area contributed by atoms with Gasteiger partial charge in [-0.25, -0.2) is 14.2 Å². The molecule has 4 aromatic rings. The molecule has 0 fully saturated rings. The Balaban J connectivity index is 2.14. The average Bonchev–Trinajstić information content (AvgIpc) is 3.09. The van der Waals surface area contributed by atoms with Crippen molar-refractivity contribution < 1.29 is 19.4 Å². The smallest absolute Gasteiger partial charge is 0.335 e. The topological polar surface area (TPSA) is 75.3 Å². The number of halogens is 2. The van der Waals surface area contributed by atoms with E-state index >= 15 is 0 Å². The fraction of sp³-hybridized carbons (Fsp3) is 0.130. The Morgan fingerprint density at radius 1 is 1.10 bits per heavy atom. The standard InChI is InChI=1S/C23H18ClFN2O3/c1-12(2)20-18(13-3-5-14(6-4-13)23(29)30)19-17(28)11-26-22(24)21(19)27(20)16-9-7-15(25)8-10-16/h3-12,28H,1-2H3,(H,29,30). The predicted octanol–water partition coefficient (Wildman–Crippen LogP) is 6.01. The summed E-state index contributed by atoms with van der Waals surface area (Å²) in [6.07, 6.45) is 1.29. The van der Waals surface area contributed by atoms with Crippen LogP contribution in [-0.2, 0) is 0 Å². The minimum Gasteiger partial charge on any atom is -0.506 e. The Kier molecular flexibility index (Phi) is 4.95. The van der Waals surface area contributed by atoms with Crippen molar-refractivity contribution in [1.82, 2.24) is 9.55 Å². The van der Waals surface area contributed by atoms with Crippen molar-refractivity contribution in [2.24, 2.45) is 0 Å². The maximum Gasteiger partial charge on any atom is 0.335 e. The number of hydrogen-bond donors (Lipinski definition) is 2. The molecule has 0 bridgehead atoms. The van der Waals surface area contributed by atoms with Crippen LogP contribution in [0.1, 0.15) is 35.8 Å². The molecule has 2 N–H and O–H groups in total. The molecule has 30 heavy (non-hydrogen) atoms. The molecule has 0 amide bonds. The predicted molar refractivity (Wildman–Crippen MR) is 114 cm³/mol. The Hall–Kier alpha value is -3.38. The van der Waals surface area contributed by atoms with Crippen LogP contribution in [0.15, 0.2) is 54.7 Å². The first-order valence-corrected chi connectivity index (χ1v) is 9.68. The zero-order valence-electron chi connectivity index (χ0n) is 16.2. The van der Waals surface area contributed by atoms with Crippen LogP contribution in [0.25, 0.3) is 27.7 Å². The molecule has 2 aromatic heterocycles. The molecule has 4 rings (SSSR count). The lowest BCUT2D eigenvalue weighted by molar-refractivity contribution is 0.0697. The zero-order valence-corrected chi connectivity index (χ0v) is 17.0. The Labute approximate surface area is 177 Å². The van der Waals surface area contributed by atoms with Crippen molar-refractivity contribution in [2.75, 3.05) is 0 Å². The van der Waals surface area contributed by atoms with Crippen molar-refractivity contribution >= 4 is 28.5 Å². The van der Waals surface area contributed by atoms with Gasteiger partial charge in [0, 0.05) is 16.9 Å². The number of carboxylic acid groups (broad SMARTS) is 1. The third-order valence-electron chi connectivity index (χ3n) is 5.01. The van der Waals surface area contributed by atoms with Crippen molar-refractivity contribution in [2.45, 2.75) is 19.8 Å². The second kappa shape index (κ2) is 7.46. The van der Waals surface area contributed by atoms with E-state index in [0.717, 1.165) is 16.8 Å². The first-order chi connectivity index (χ1) is 14.3. The number of aromatic carboxylic acids is 1. The lowest BCUT2D eigenvalue weighted by Gasteiger charge is -2.16. The fourth-order valence-corrected chi connectivity index (χ4v) is 3.98. The summed E-state index contributed by atoms with van der Waals surface area (Å²) in [5, 5.41) is 20.6. The Morgan fingerprint density at radius 2 is 1.73 bits per heavy atom. The molecule has 0 radical (unpaired) electrons. The summed E-state index contributed by atoms with van der Waals surface area (Å²) < 4.78 is 15.4. The maximum absolute atomic E-state index is 13.6. The van der Waals surface area contributed by atoms with Crippen LogP contribution >= 0.6 is 11.6 Å². The molecule has 152 valence electrons. The third kappa shape index (κ3) is 3.19. The average molecular weight is 425 g/mol. The number of carboxylic acids is 1. The van der Waals surface area contributed by atoms with E-state index in [1.807, 2.05) is 18.4 Å². The molecule has 5 nitrogen and oxygen atoms in total. The molecule has 0 atom stereocenters. The molecule has 0 saturated heterocycles. The van der Waals surface area contributed by atoms with Gasteiger partial charge in [-0.15, -0.1) is 0 Å². The van der Waals surface area contributed by atoms with E-state index < -0.39 is 5.97 Å². The maximum atomic E-state index is 13.6. The molecule has 0 unspecified atom stereocenters. The van der Waals surface area contributed by atoms with Gasteiger partial charge in [-0.1, -0.05) is 37.6 Å². The molecular weight excluding hydrogens is 407 g/mol. The highest BCUT2D eigenvalue weighted by Crippen LogP contribution is 2.45. The number of fused-ring (bicyclic) bond motifs is 1. The summed E-state index contributed by atoms with van der Waals surface area (Å²) in [6.45, 7) is 4.00. The van der Waals surface area contributed by atoms with Crippen molar-refractivity contribution in [3.8, 4) is 22.6 Å². The lowest BCUT2D eigenvalue weighted by Crippen LogP contribution is -2.04. The normalized spacial score (nSPS) is 11.4. The van der Waals surface area contributed by atoms with Gasteiger partial charge >= 0.3 is 5.97 Å². The van der Waals surface area contributed by atoms with Crippen LogP contribution in [0, 0.1) is 5.82 Å². The van der Waals surface area contributed by atoms with Gasteiger partial charge < -0.3 is 14.8 Å². The molecule has 7 heteroatoms.